The second kappa shape index (κ2) is 8.36. The van der Waals surface area contributed by atoms with E-state index < -0.39 is 0 Å². The van der Waals surface area contributed by atoms with Crippen molar-refractivity contribution in [2.75, 3.05) is 12.4 Å². The number of carbonyl (C=O) groups is 1. The summed E-state index contributed by atoms with van der Waals surface area (Å²) in [6.45, 7) is 6.84. The summed E-state index contributed by atoms with van der Waals surface area (Å²) in [6.07, 6.45) is 4.09. The molecule has 0 fully saturated rings. The third-order valence-electron chi connectivity index (χ3n) is 5.65. The van der Waals surface area contributed by atoms with Crippen LogP contribution < -0.4 is 10.1 Å². The van der Waals surface area contributed by atoms with Crippen molar-refractivity contribution in [3.8, 4) is 11.8 Å². The van der Waals surface area contributed by atoms with Gasteiger partial charge in [-0.1, -0.05) is 32.9 Å². The number of carbonyl (C=O) groups excluding carboxylic acids is 1. The fourth-order valence-corrected chi connectivity index (χ4v) is 5.06. The van der Waals surface area contributed by atoms with Gasteiger partial charge in [0.1, 0.15) is 16.8 Å². The summed E-state index contributed by atoms with van der Waals surface area (Å²) >= 11 is 1.59. The molecule has 148 valence electrons. The van der Waals surface area contributed by atoms with Gasteiger partial charge >= 0.3 is 0 Å². The Morgan fingerprint density at radius 2 is 2.04 bits per heavy atom. The maximum absolute atomic E-state index is 12.5. The smallest absolute Gasteiger partial charge is 0.225 e. The van der Waals surface area contributed by atoms with Crippen molar-refractivity contribution in [3.63, 3.8) is 0 Å². The molecule has 3 rings (SSSR count). The minimum atomic E-state index is -0.0433. The number of methoxy groups -OCH3 is 1. The molecular weight excluding hydrogens is 368 g/mol. The fraction of sp³-hybridized carbons (Fsp3) is 0.478. The molecule has 1 atom stereocenters. The van der Waals surface area contributed by atoms with E-state index in [-0.39, 0.29) is 11.3 Å². The Hall–Kier alpha value is -2.32. The molecule has 0 bridgehead atoms. The number of nitrogens with one attached hydrogen (secondary N) is 1. The van der Waals surface area contributed by atoms with Gasteiger partial charge in [0.25, 0.3) is 0 Å². The van der Waals surface area contributed by atoms with E-state index in [4.69, 9.17) is 4.74 Å². The molecule has 0 saturated carbocycles. The Morgan fingerprint density at radius 3 is 2.64 bits per heavy atom. The molecule has 1 amide bonds. The summed E-state index contributed by atoms with van der Waals surface area (Å²) in [5, 5.41) is 13.4. The second-order valence-corrected chi connectivity index (χ2v) is 9.63. The van der Waals surface area contributed by atoms with E-state index in [0.29, 0.717) is 24.3 Å². The average Bonchev–Trinajstić information content (AvgIpc) is 3.02. The molecule has 1 heterocycles. The predicted octanol–water partition coefficient (Wildman–Crippen LogP) is 5.35. The first-order valence-corrected chi connectivity index (χ1v) is 10.6. The van der Waals surface area contributed by atoms with E-state index in [0.717, 1.165) is 41.1 Å². The highest BCUT2D eigenvalue weighted by atomic mass is 32.1. The van der Waals surface area contributed by atoms with Crippen LogP contribution in [0.4, 0.5) is 5.00 Å². The highest BCUT2D eigenvalue weighted by Crippen LogP contribution is 2.44. The Bertz CT molecular complexity index is 885. The molecule has 0 aliphatic heterocycles. The molecule has 0 spiro atoms. The first-order valence-electron chi connectivity index (χ1n) is 9.79. The molecular formula is C23H28N2O2S. The molecule has 2 aromatic rings. The Kier molecular flexibility index (Phi) is 6.10. The van der Waals surface area contributed by atoms with Crippen LogP contribution in [0, 0.1) is 22.7 Å². The Balaban J connectivity index is 1.66. The molecule has 0 radical (unpaired) electrons. The Morgan fingerprint density at radius 1 is 1.32 bits per heavy atom. The lowest BCUT2D eigenvalue weighted by Crippen LogP contribution is -2.26. The van der Waals surface area contributed by atoms with Crippen LogP contribution in [-0.4, -0.2) is 13.0 Å². The molecule has 1 aliphatic rings. The third kappa shape index (κ3) is 4.56. The lowest BCUT2D eigenvalue weighted by molar-refractivity contribution is -0.116. The molecule has 1 aromatic heterocycles. The van der Waals surface area contributed by atoms with Crippen molar-refractivity contribution >= 4 is 22.2 Å². The number of ether oxygens (including phenoxy) is 1. The van der Waals surface area contributed by atoms with Crippen LogP contribution >= 0.6 is 11.3 Å². The van der Waals surface area contributed by atoms with Crippen molar-refractivity contribution in [2.45, 2.75) is 52.9 Å². The maximum Gasteiger partial charge on any atom is 0.225 e. The van der Waals surface area contributed by atoms with Gasteiger partial charge in [0.15, 0.2) is 0 Å². The zero-order chi connectivity index (χ0) is 20.3. The number of rotatable bonds is 5. The van der Waals surface area contributed by atoms with Crippen LogP contribution in [-0.2, 0) is 24.1 Å². The zero-order valence-electron chi connectivity index (χ0n) is 17.1. The highest BCUT2D eigenvalue weighted by Gasteiger charge is 2.32. The van der Waals surface area contributed by atoms with Gasteiger partial charge in [0.05, 0.1) is 12.7 Å². The van der Waals surface area contributed by atoms with Gasteiger partial charge < -0.3 is 10.1 Å². The summed E-state index contributed by atoms with van der Waals surface area (Å²) in [7, 11) is 1.64. The summed E-state index contributed by atoms with van der Waals surface area (Å²) in [5.41, 5.74) is 3.18. The van der Waals surface area contributed by atoms with Gasteiger partial charge in [-0.3, -0.25) is 4.79 Å². The standard InChI is InChI=1S/C23H28N2O2S/c1-23(2,3)16-8-11-18-19(14-24)22(28-20(18)13-16)25-21(26)12-7-15-5-9-17(27-4)10-6-15/h5-6,9-10,16H,7-8,11-13H2,1-4H3,(H,25,26)/t16-/m1/s1. The largest absolute Gasteiger partial charge is 0.497 e. The second-order valence-electron chi connectivity index (χ2n) is 8.52. The molecule has 1 N–H and O–H groups in total. The highest BCUT2D eigenvalue weighted by molar-refractivity contribution is 7.16. The van der Waals surface area contributed by atoms with E-state index in [1.807, 2.05) is 24.3 Å². The van der Waals surface area contributed by atoms with Crippen LogP contribution in [0.5, 0.6) is 5.75 Å². The van der Waals surface area contributed by atoms with Crippen molar-refractivity contribution < 1.29 is 9.53 Å². The minimum Gasteiger partial charge on any atom is -0.497 e. The van der Waals surface area contributed by atoms with E-state index >= 15 is 0 Å². The van der Waals surface area contributed by atoms with E-state index in [1.54, 1.807) is 18.4 Å². The maximum atomic E-state index is 12.5. The summed E-state index contributed by atoms with van der Waals surface area (Å²) in [4.78, 5) is 13.7. The molecule has 1 aliphatic carbocycles. The summed E-state index contributed by atoms with van der Waals surface area (Å²) < 4.78 is 5.16. The van der Waals surface area contributed by atoms with Crippen LogP contribution in [0.25, 0.3) is 0 Å². The van der Waals surface area contributed by atoms with Crippen molar-refractivity contribution in [1.29, 1.82) is 5.26 Å². The molecule has 0 unspecified atom stereocenters. The number of aryl methyl sites for hydroxylation is 1. The predicted molar refractivity (Wildman–Crippen MR) is 114 cm³/mol. The van der Waals surface area contributed by atoms with Gasteiger partial charge in [0, 0.05) is 11.3 Å². The number of hydrogen-bond acceptors (Lipinski definition) is 4. The average molecular weight is 397 g/mol. The van der Waals surface area contributed by atoms with E-state index in [9.17, 15) is 10.1 Å². The number of anilines is 1. The molecule has 4 nitrogen and oxygen atoms in total. The first-order chi connectivity index (χ1) is 13.3. The van der Waals surface area contributed by atoms with Crippen molar-refractivity contribution in [3.05, 3.63) is 45.8 Å². The SMILES string of the molecule is COc1ccc(CCC(=O)Nc2sc3c(c2C#N)CC[C@@H](C(C)(C)C)C3)cc1. The Labute approximate surface area is 171 Å². The van der Waals surface area contributed by atoms with Gasteiger partial charge in [0.2, 0.25) is 5.91 Å². The van der Waals surface area contributed by atoms with Crippen molar-refractivity contribution in [2.24, 2.45) is 11.3 Å². The summed E-state index contributed by atoms with van der Waals surface area (Å²) in [5.74, 6) is 1.38. The third-order valence-corrected chi connectivity index (χ3v) is 6.82. The van der Waals surface area contributed by atoms with E-state index in [1.165, 1.54) is 4.88 Å². The molecule has 5 heteroatoms. The van der Waals surface area contributed by atoms with Crippen molar-refractivity contribution in [1.82, 2.24) is 0 Å². The van der Waals surface area contributed by atoms with Gasteiger partial charge in [-0.2, -0.15) is 5.26 Å². The molecule has 1 aromatic carbocycles. The molecule has 0 saturated heterocycles. The van der Waals surface area contributed by atoms with Crippen LogP contribution in [0.1, 0.15) is 55.2 Å². The van der Waals surface area contributed by atoms with Crippen LogP contribution in [0.15, 0.2) is 24.3 Å². The normalized spacial score (nSPS) is 16.2. The van der Waals surface area contributed by atoms with Gasteiger partial charge in [-0.05, 0) is 60.3 Å². The lowest BCUT2D eigenvalue weighted by Gasteiger charge is -2.33. The number of amides is 1. The monoisotopic (exact) mass is 396 g/mol. The lowest BCUT2D eigenvalue weighted by atomic mass is 9.72. The molecule has 28 heavy (non-hydrogen) atoms. The van der Waals surface area contributed by atoms with Crippen LogP contribution in [0.3, 0.4) is 0 Å². The number of nitrogens with zero attached hydrogens (tertiary/aromatic N) is 1. The van der Waals surface area contributed by atoms with Gasteiger partial charge in [-0.25, -0.2) is 0 Å². The number of fused-ring (bicyclic) bond motifs is 1. The minimum absolute atomic E-state index is 0.0433. The van der Waals surface area contributed by atoms with Crippen LogP contribution in [0.2, 0.25) is 0 Å². The number of nitriles is 1. The topological polar surface area (TPSA) is 62.1 Å². The number of hydrogen-bond donors (Lipinski definition) is 1. The van der Waals surface area contributed by atoms with Gasteiger partial charge in [-0.15, -0.1) is 11.3 Å². The summed E-state index contributed by atoms with van der Waals surface area (Å²) in [6, 6.07) is 10.1. The van der Waals surface area contributed by atoms with E-state index in [2.05, 4.69) is 32.2 Å². The number of benzene rings is 1. The zero-order valence-corrected chi connectivity index (χ0v) is 17.9. The fourth-order valence-electron chi connectivity index (χ4n) is 3.77. The quantitative estimate of drug-likeness (QED) is 0.741. The number of thiophene rings is 1. The first kappa shape index (κ1) is 20.4.